The van der Waals surface area contributed by atoms with Crippen molar-refractivity contribution in [1.29, 1.82) is 0 Å². The first-order valence-corrected chi connectivity index (χ1v) is 5.46. The molecule has 0 radical (unpaired) electrons. The molecule has 1 heterocycles. The van der Waals surface area contributed by atoms with Crippen molar-refractivity contribution in [1.82, 2.24) is 5.32 Å². The zero-order chi connectivity index (χ0) is 11.5. The van der Waals surface area contributed by atoms with E-state index >= 15 is 0 Å². The van der Waals surface area contributed by atoms with Crippen LogP contribution in [-0.2, 0) is 0 Å². The number of piperazine rings is 1. The molecule has 1 aromatic carbocycles. The first kappa shape index (κ1) is 11.2. The molecule has 0 aliphatic carbocycles. The summed E-state index contributed by atoms with van der Waals surface area (Å²) in [6.07, 6.45) is 0. The Labute approximate surface area is 98.2 Å². The minimum absolute atomic E-state index is 0.0781. The molecule has 0 unspecified atom stereocenters. The van der Waals surface area contributed by atoms with Crippen LogP contribution in [0.4, 0.5) is 11.4 Å². The SMILES string of the molecule is O=[N+]([O-])c1cc(Cl)ccc1N1CCNCC1. The maximum absolute atomic E-state index is 10.9. The lowest BCUT2D eigenvalue weighted by molar-refractivity contribution is -0.384. The molecular formula is C10H12ClN3O2. The Balaban J connectivity index is 2.34. The van der Waals surface area contributed by atoms with E-state index in [1.165, 1.54) is 6.07 Å². The Morgan fingerprint density at radius 2 is 2.06 bits per heavy atom. The molecule has 0 aromatic heterocycles. The van der Waals surface area contributed by atoms with Crippen molar-refractivity contribution in [3.8, 4) is 0 Å². The molecule has 0 spiro atoms. The van der Waals surface area contributed by atoms with Crippen LogP contribution in [0.15, 0.2) is 18.2 Å². The smallest absolute Gasteiger partial charge is 0.294 e. The highest BCUT2D eigenvalue weighted by atomic mass is 35.5. The summed E-state index contributed by atoms with van der Waals surface area (Å²) in [6.45, 7) is 3.25. The van der Waals surface area contributed by atoms with Crippen LogP contribution < -0.4 is 10.2 Å². The van der Waals surface area contributed by atoms with Gasteiger partial charge in [0, 0.05) is 37.3 Å². The molecule has 1 aliphatic heterocycles. The molecular weight excluding hydrogens is 230 g/mol. The lowest BCUT2D eigenvalue weighted by Crippen LogP contribution is -2.43. The number of nitro benzene ring substituents is 1. The summed E-state index contributed by atoms with van der Waals surface area (Å²) in [5, 5.41) is 14.5. The van der Waals surface area contributed by atoms with E-state index in [2.05, 4.69) is 5.32 Å². The molecule has 0 amide bonds. The van der Waals surface area contributed by atoms with Crippen molar-refractivity contribution in [2.24, 2.45) is 0 Å². The summed E-state index contributed by atoms with van der Waals surface area (Å²) in [5.41, 5.74) is 0.727. The van der Waals surface area contributed by atoms with Crippen molar-refractivity contribution in [3.63, 3.8) is 0 Å². The quantitative estimate of drug-likeness (QED) is 0.632. The number of nitrogens with zero attached hydrogens (tertiary/aromatic N) is 2. The number of nitro groups is 1. The number of benzene rings is 1. The lowest BCUT2D eigenvalue weighted by Gasteiger charge is -2.28. The zero-order valence-electron chi connectivity index (χ0n) is 8.65. The third-order valence-electron chi connectivity index (χ3n) is 2.59. The van der Waals surface area contributed by atoms with Gasteiger partial charge in [0.15, 0.2) is 0 Å². The normalized spacial score (nSPS) is 16.2. The Hall–Kier alpha value is -1.33. The molecule has 0 atom stereocenters. The van der Waals surface area contributed by atoms with Gasteiger partial charge >= 0.3 is 0 Å². The van der Waals surface area contributed by atoms with Gasteiger partial charge < -0.3 is 10.2 Å². The van der Waals surface area contributed by atoms with Gasteiger partial charge in [-0.15, -0.1) is 0 Å². The number of anilines is 1. The van der Waals surface area contributed by atoms with Gasteiger partial charge in [0.05, 0.1) is 4.92 Å². The second kappa shape index (κ2) is 4.67. The Morgan fingerprint density at radius 1 is 1.38 bits per heavy atom. The van der Waals surface area contributed by atoms with Gasteiger partial charge in [0.25, 0.3) is 5.69 Å². The summed E-state index contributed by atoms with van der Waals surface area (Å²) in [7, 11) is 0. The van der Waals surface area contributed by atoms with E-state index in [-0.39, 0.29) is 10.6 Å². The van der Waals surface area contributed by atoms with Crippen molar-refractivity contribution < 1.29 is 4.92 Å². The van der Waals surface area contributed by atoms with Gasteiger partial charge in [-0.1, -0.05) is 11.6 Å². The molecule has 0 bridgehead atoms. The first-order valence-electron chi connectivity index (χ1n) is 5.08. The molecule has 1 N–H and O–H groups in total. The van der Waals surface area contributed by atoms with Gasteiger partial charge in [-0.05, 0) is 12.1 Å². The number of hydrogen-bond acceptors (Lipinski definition) is 4. The second-order valence-electron chi connectivity index (χ2n) is 3.63. The predicted molar refractivity (Wildman–Crippen MR) is 63.2 cm³/mol. The van der Waals surface area contributed by atoms with Crippen molar-refractivity contribution in [2.75, 3.05) is 31.1 Å². The van der Waals surface area contributed by atoms with Gasteiger partial charge in [-0.2, -0.15) is 0 Å². The van der Waals surface area contributed by atoms with E-state index in [0.29, 0.717) is 10.7 Å². The fourth-order valence-electron chi connectivity index (χ4n) is 1.82. The maximum atomic E-state index is 10.9. The summed E-state index contributed by atoms with van der Waals surface area (Å²) in [6, 6.07) is 4.80. The standard InChI is InChI=1S/C10H12ClN3O2/c11-8-1-2-9(10(7-8)14(15)16)13-5-3-12-4-6-13/h1-2,7,12H,3-6H2. The van der Waals surface area contributed by atoms with Crippen LogP contribution in [0.1, 0.15) is 0 Å². The Bertz CT molecular complexity index is 405. The third-order valence-corrected chi connectivity index (χ3v) is 2.83. The molecule has 1 fully saturated rings. The van der Waals surface area contributed by atoms with Crippen molar-refractivity contribution >= 4 is 23.0 Å². The number of hydrogen-bond donors (Lipinski definition) is 1. The van der Waals surface area contributed by atoms with Crippen LogP contribution in [0.5, 0.6) is 0 Å². The molecule has 5 nitrogen and oxygen atoms in total. The highest BCUT2D eigenvalue weighted by Gasteiger charge is 2.20. The van der Waals surface area contributed by atoms with Gasteiger partial charge in [0.1, 0.15) is 5.69 Å². The summed E-state index contributed by atoms with van der Waals surface area (Å²) < 4.78 is 0. The number of rotatable bonds is 2. The van der Waals surface area contributed by atoms with E-state index in [1.54, 1.807) is 12.1 Å². The van der Waals surface area contributed by atoms with Crippen LogP contribution in [0, 0.1) is 10.1 Å². The number of halogens is 1. The lowest BCUT2D eigenvalue weighted by atomic mass is 10.2. The van der Waals surface area contributed by atoms with E-state index in [0.717, 1.165) is 26.2 Å². The fraction of sp³-hybridized carbons (Fsp3) is 0.400. The Kier molecular flexibility index (Phi) is 3.26. The minimum atomic E-state index is -0.386. The molecule has 2 rings (SSSR count). The van der Waals surface area contributed by atoms with Gasteiger partial charge in [-0.25, -0.2) is 0 Å². The molecule has 6 heteroatoms. The zero-order valence-corrected chi connectivity index (χ0v) is 9.41. The van der Waals surface area contributed by atoms with E-state index < -0.39 is 0 Å². The largest absolute Gasteiger partial charge is 0.363 e. The minimum Gasteiger partial charge on any atom is -0.363 e. The summed E-state index contributed by atoms with van der Waals surface area (Å²) in [4.78, 5) is 12.5. The van der Waals surface area contributed by atoms with Gasteiger partial charge in [-0.3, -0.25) is 10.1 Å². The van der Waals surface area contributed by atoms with Gasteiger partial charge in [0.2, 0.25) is 0 Å². The van der Waals surface area contributed by atoms with E-state index in [1.807, 2.05) is 4.90 Å². The molecule has 16 heavy (non-hydrogen) atoms. The van der Waals surface area contributed by atoms with Crippen LogP contribution in [0.2, 0.25) is 5.02 Å². The fourth-order valence-corrected chi connectivity index (χ4v) is 1.98. The second-order valence-corrected chi connectivity index (χ2v) is 4.06. The third kappa shape index (κ3) is 2.25. The maximum Gasteiger partial charge on any atom is 0.294 e. The van der Waals surface area contributed by atoms with Crippen LogP contribution in [0.25, 0.3) is 0 Å². The topological polar surface area (TPSA) is 58.4 Å². The Morgan fingerprint density at radius 3 is 2.69 bits per heavy atom. The molecule has 86 valence electrons. The molecule has 1 saturated heterocycles. The predicted octanol–water partition coefficient (Wildman–Crippen LogP) is 1.66. The molecule has 0 saturated carbocycles. The molecule has 1 aromatic rings. The number of nitrogens with one attached hydrogen (secondary N) is 1. The van der Waals surface area contributed by atoms with Crippen LogP contribution >= 0.6 is 11.6 Å². The summed E-state index contributed by atoms with van der Waals surface area (Å²) >= 11 is 5.76. The highest BCUT2D eigenvalue weighted by molar-refractivity contribution is 6.30. The summed E-state index contributed by atoms with van der Waals surface area (Å²) in [5.74, 6) is 0. The first-order chi connectivity index (χ1) is 7.68. The molecule has 1 aliphatic rings. The van der Waals surface area contributed by atoms with Crippen molar-refractivity contribution in [2.45, 2.75) is 0 Å². The highest BCUT2D eigenvalue weighted by Crippen LogP contribution is 2.30. The van der Waals surface area contributed by atoms with E-state index in [9.17, 15) is 10.1 Å². The van der Waals surface area contributed by atoms with Crippen LogP contribution in [0.3, 0.4) is 0 Å². The monoisotopic (exact) mass is 241 g/mol. The average molecular weight is 242 g/mol. The van der Waals surface area contributed by atoms with Crippen molar-refractivity contribution in [3.05, 3.63) is 33.3 Å². The van der Waals surface area contributed by atoms with Crippen LogP contribution in [-0.4, -0.2) is 31.1 Å². The van der Waals surface area contributed by atoms with E-state index in [4.69, 9.17) is 11.6 Å². The average Bonchev–Trinajstić information content (AvgIpc) is 2.30.